The molecular weight excluding hydrogens is 186 g/mol. The number of likely N-dealkylation sites (tertiary alicyclic amines) is 1. The molecule has 0 saturated carbocycles. The van der Waals surface area contributed by atoms with Gasteiger partial charge in [-0.2, -0.15) is 0 Å². The summed E-state index contributed by atoms with van der Waals surface area (Å²) in [6.07, 6.45) is 0.0178. The minimum atomic E-state index is -0.943. The Morgan fingerprint density at radius 3 is 2.57 bits per heavy atom. The van der Waals surface area contributed by atoms with E-state index in [9.17, 15) is 14.4 Å². The molecule has 78 valence electrons. The molecule has 1 saturated heterocycles. The molecule has 14 heavy (non-hydrogen) atoms. The summed E-state index contributed by atoms with van der Waals surface area (Å²) in [6.45, 7) is 0. The third-order valence-electron chi connectivity index (χ3n) is 2.40. The molecule has 3 amide bonds. The van der Waals surface area contributed by atoms with Crippen LogP contribution in [0.4, 0.5) is 0 Å². The maximum absolute atomic E-state index is 11.4. The van der Waals surface area contributed by atoms with Gasteiger partial charge in [-0.15, -0.1) is 0 Å². The summed E-state index contributed by atoms with van der Waals surface area (Å²) in [4.78, 5) is 34.7. The summed E-state index contributed by atoms with van der Waals surface area (Å²) in [6, 6.07) is -0.943. The number of carbonyl (C=O) groups excluding carboxylic acids is 3. The van der Waals surface area contributed by atoms with Crippen molar-refractivity contribution in [2.75, 3.05) is 14.1 Å². The summed E-state index contributed by atoms with van der Waals surface area (Å²) < 4.78 is 0. The van der Waals surface area contributed by atoms with Crippen LogP contribution in [0.1, 0.15) is 6.42 Å². The van der Waals surface area contributed by atoms with E-state index in [1.54, 1.807) is 0 Å². The number of likely N-dealkylation sites (N-methyl/N-ethyl adjacent to an activating group) is 1. The summed E-state index contributed by atoms with van der Waals surface area (Å²) in [7, 11) is 2.83. The molecular formula is C8H13N3O3. The number of carbonyl (C=O) groups is 3. The zero-order chi connectivity index (χ0) is 10.9. The molecule has 1 fully saturated rings. The van der Waals surface area contributed by atoms with Gasteiger partial charge in [-0.25, -0.2) is 0 Å². The molecule has 0 bridgehead atoms. The molecule has 0 aliphatic carbocycles. The standard InChI is InChI=1S/C8H13N3O3/c1-10-7(13)6(9)4-3-5(12)11(2)8(4)14/h4,6H,3,9H2,1-2H3,(H,10,13). The van der Waals surface area contributed by atoms with Gasteiger partial charge in [-0.3, -0.25) is 19.3 Å². The summed E-state index contributed by atoms with van der Waals surface area (Å²) >= 11 is 0. The van der Waals surface area contributed by atoms with E-state index in [1.807, 2.05) is 0 Å². The van der Waals surface area contributed by atoms with E-state index in [0.717, 1.165) is 4.90 Å². The zero-order valence-corrected chi connectivity index (χ0v) is 8.11. The van der Waals surface area contributed by atoms with Gasteiger partial charge in [0, 0.05) is 20.5 Å². The van der Waals surface area contributed by atoms with Crippen molar-refractivity contribution >= 4 is 17.7 Å². The molecule has 3 N–H and O–H groups in total. The maximum Gasteiger partial charge on any atom is 0.237 e. The highest BCUT2D eigenvalue weighted by Gasteiger charge is 2.41. The number of amides is 3. The third-order valence-corrected chi connectivity index (χ3v) is 2.40. The van der Waals surface area contributed by atoms with Crippen molar-refractivity contribution in [1.29, 1.82) is 0 Å². The summed E-state index contributed by atoms with van der Waals surface area (Å²) in [5.74, 6) is -1.82. The van der Waals surface area contributed by atoms with Crippen molar-refractivity contribution in [2.24, 2.45) is 11.7 Å². The monoisotopic (exact) mass is 199 g/mol. The quantitative estimate of drug-likeness (QED) is 0.506. The van der Waals surface area contributed by atoms with Gasteiger partial charge in [-0.1, -0.05) is 0 Å². The Labute approximate surface area is 81.4 Å². The van der Waals surface area contributed by atoms with Crippen LogP contribution >= 0.6 is 0 Å². The summed E-state index contributed by atoms with van der Waals surface area (Å²) in [5.41, 5.74) is 5.54. The van der Waals surface area contributed by atoms with Crippen molar-refractivity contribution in [3.8, 4) is 0 Å². The second-order valence-corrected chi connectivity index (χ2v) is 3.24. The number of hydrogen-bond acceptors (Lipinski definition) is 4. The molecule has 1 rings (SSSR count). The number of nitrogens with zero attached hydrogens (tertiary/aromatic N) is 1. The molecule has 1 aliphatic rings. The first-order valence-corrected chi connectivity index (χ1v) is 4.26. The predicted molar refractivity (Wildman–Crippen MR) is 47.9 cm³/mol. The predicted octanol–water partition coefficient (Wildman–Crippen LogP) is -1.94. The average Bonchev–Trinajstić information content (AvgIpc) is 2.43. The molecule has 0 spiro atoms. The van der Waals surface area contributed by atoms with E-state index in [0.29, 0.717) is 0 Å². The van der Waals surface area contributed by atoms with Gasteiger partial charge in [0.05, 0.1) is 12.0 Å². The number of nitrogens with one attached hydrogen (secondary N) is 1. The molecule has 6 heteroatoms. The molecule has 2 atom stereocenters. The molecule has 1 heterocycles. The highest BCUT2D eigenvalue weighted by molar-refractivity contribution is 6.05. The van der Waals surface area contributed by atoms with Gasteiger partial charge in [0.2, 0.25) is 17.7 Å². The van der Waals surface area contributed by atoms with Crippen LogP contribution in [0.5, 0.6) is 0 Å². The Morgan fingerprint density at radius 1 is 1.64 bits per heavy atom. The van der Waals surface area contributed by atoms with Gasteiger partial charge in [0.25, 0.3) is 0 Å². The van der Waals surface area contributed by atoms with E-state index in [1.165, 1.54) is 14.1 Å². The van der Waals surface area contributed by atoms with E-state index < -0.39 is 17.9 Å². The minimum Gasteiger partial charge on any atom is -0.358 e. The topological polar surface area (TPSA) is 92.5 Å². The molecule has 0 aromatic rings. The van der Waals surface area contributed by atoms with Crippen molar-refractivity contribution in [2.45, 2.75) is 12.5 Å². The maximum atomic E-state index is 11.4. The molecule has 2 unspecified atom stereocenters. The fourth-order valence-electron chi connectivity index (χ4n) is 1.41. The van der Waals surface area contributed by atoms with Crippen LogP contribution in [-0.4, -0.2) is 42.8 Å². The Morgan fingerprint density at radius 2 is 2.21 bits per heavy atom. The average molecular weight is 199 g/mol. The van der Waals surface area contributed by atoms with Gasteiger partial charge >= 0.3 is 0 Å². The first-order chi connectivity index (χ1) is 6.49. The first kappa shape index (κ1) is 10.6. The van der Waals surface area contributed by atoms with E-state index in [-0.39, 0.29) is 18.2 Å². The second kappa shape index (κ2) is 3.75. The van der Waals surface area contributed by atoms with Gasteiger partial charge < -0.3 is 11.1 Å². The number of hydrogen-bond donors (Lipinski definition) is 2. The Bertz CT molecular complexity index is 290. The number of rotatable bonds is 2. The molecule has 0 aromatic carbocycles. The fourth-order valence-corrected chi connectivity index (χ4v) is 1.41. The normalized spacial score (nSPS) is 23.9. The van der Waals surface area contributed by atoms with Gasteiger partial charge in [0.1, 0.15) is 0 Å². The highest BCUT2D eigenvalue weighted by atomic mass is 16.2. The zero-order valence-electron chi connectivity index (χ0n) is 8.11. The lowest BCUT2D eigenvalue weighted by molar-refractivity contribution is -0.139. The lowest BCUT2D eigenvalue weighted by atomic mass is 9.98. The third kappa shape index (κ3) is 1.60. The van der Waals surface area contributed by atoms with E-state index >= 15 is 0 Å². The van der Waals surface area contributed by atoms with Crippen LogP contribution in [0, 0.1) is 5.92 Å². The smallest absolute Gasteiger partial charge is 0.237 e. The highest BCUT2D eigenvalue weighted by Crippen LogP contribution is 2.20. The van der Waals surface area contributed by atoms with Crippen LogP contribution in [0.25, 0.3) is 0 Å². The number of nitrogens with two attached hydrogens (primary N) is 1. The molecule has 0 radical (unpaired) electrons. The van der Waals surface area contributed by atoms with Crippen LogP contribution in [-0.2, 0) is 14.4 Å². The first-order valence-electron chi connectivity index (χ1n) is 4.26. The lowest BCUT2D eigenvalue weighted by Crippen LogP contribution is -2.46. The van der Waals surface area contributed by atoms with Crippen LogP contribution < -0.4 is 11.1 Å². The minimum absolute atomic E-state index is 0.0178. The Balaban J connectivity index is 2.76. The molecule has 6 nitrogen and oxygen atoms in total. The Kier molecular flexibility index (Phi) is 2.85. The molecule has 0 aromatic heterocycles. The fraction of sp³-hybridized carbons (Fsp3) is 0.625. The van der Waals surface area contributed by atoms with Crippen LogP contribution in [0.2, 0.25) is 0 Å². The number of imide groups is 1. The lowest BCUT2D eigenvalue weighted by Gasteiger charge is -2.15. The van der Waals surface area contributed by atoms with E-state index in [2.05, 4.69) is 5.32 Å². The largest absolute Gasteiger partial charge is 0.358 e. The van der Waals surface area contributed by atoms with Gasteiger partial charge in [0.15, 0.2) is 0 Å². The molecule has 1 aliphatic heterocycles. The second-order valence-electron chi connectivity index (χ2n) is 3.24. The van der Waals surface area contributed by atoms with Crippen molar-refractivity contribution in [1.82, 2.24) is 10.2 Å². The van der Waals surface area contributed by atoms with Crippen LogP contribution in [0.3, 0.4) is 0 Å². The SMILES string of the molecule is CNC(=O)C(N)C1CC(=O)N(C)C1=O. The Hall–Kier alpha value is -1.43. The van der Waals surface area contributed by atoms with Crippen molar-refractivity contribution in [3.05, 3.63) is 0 Å². The van der Waals surface area contributed by atoms with E-state index in [4.69, 9.17) is 5.73 Å². The van der Waals surface area contributed by atoms with Crippen LogP contribution in [0.15, 0.2) is 0 Å². The van der Waals surface area contributed by atoms with Gasteiger partial charge in [-0.05, 0) is 0 Å². The van der Waals surface area contributed by atoms with Crippen molar-refractivity contribution < 1.29 is 14.4 Å². The summed E-state index contributed by atoms with van der Waals surface area (Å²) in [5, 5.41) is 2.35. The van der Waals surface area contributed by atoms with Crippen molar-refractivity contribution in [3.63, 3.8) is 0 Å².